The van der Waals surface area contributed by atoms with Gasteiger partial charge in [0.25, 0.3) is 5.91 Å². The van der Waals surface area contributed by atoms with E-state index < -0.39 is 0 Å². The lowest BCUT2D eigenvalue weighted by atomic mass is 10.1. The summed E-state index contributed by atoms with van der Waals surface area (Å²) in [7, 11) is 0. The van der Waals surface area contributed by atoms with Crippen molar-refractivity contribution in [2.24, 2.45) is 4.99 Å². The van der Waals surface area contributed by atoms with Crippen LogP contribution in [0.15, 0.2) is 16.8 Å². The quantitative estimate of drug-likeness (QED) is 0.500. The average molecular weight is 264 g/mol. The Morgan fingerprint density at radius 2 is 1.89 bits per heavy atom. The minimum absolute atomic E-state index is 0.114. The third-order valence-corrected chi connectivity index (χ3v) is 3.22. The van der Waals surface area contributed by atoms with Crippen molar-refractivity contribution in [1.29, 1.82) is 0 Å². The van der Waals surface area contributed by atoms with Gasteiger partial charge in [0, 0.05) is 31.9 Å². The van der Waals surface area contributed by atoms with Crippen molar-refractivity contribution in [3.8, 4) is 0 Å². The van der Waals surface area contributed by atoms with Crippen LogP contribution in [0.25, 0.3) is 0 Å². The molecule has 4 heteroatoms. The topological polar surface area (TPSA) is 49.7 Å². The van der Waals surface area contributed by atoms with Gasteiger partial charge in [-0.1, -0.05) is 33.1 Å². The number of hydrogen-bond donors (Lipinski definition) is 0. The van der Waals surface area contributed by atoms with Crippen LogP contribution >= 0.6 is 0 Å². The fourth-order valence-electron chi connectivity index (χ4n) is 2.01. The van der Waals surface area contributed by atoms with E-state index in [1.165, 1.54) is 6.20 Å². The van der Waals surface area contributed by atoms with E-state index in [0.29, 0.717) is 0 Å². The van der Waals surface area contributed by atoms with E-state index in [-0.39, 0.29) is 23.7 Å². The van der Waals surface area contributed by atoms with Gasteiger partial charge in [-0.3, -0.25) is 14.6 Å². The van der Waals surface area contributed by atoms with E-state index in [1.54, 1.807) is 6.21 Å². The third-order valence-electron chi connectivity index (χ3n) is 3.22. The second kappa shape index (κ2) is 8.62. The highest BCUT2D eigenvalue weighted by molar-refractivity contribution is 6.22. The molecule has 0 saturated heterocycles. The fourth-order valence-corrected chi connectivity index (χ4v) is 2.01. The molecule has 0 unspecified atom stereocenters. The van der Waals surface area contributed by atoms with E-state index >= 15 is 0 Å². The number of carbonyl (C=O) groups excluding carboxylic acids is 2. The Hall–Kier alpha value is -1.45. The molecule has 0 radical (unpaired) electrons. The molecule has 1 amide bonds. The summed E-state index contributed by atoms with van der Waals surface area (Å²) in [5, 5.41) is 0. The third kappa shape index (κ3) is 4.97. The lowest BCUT2D eigenvalue weighted by molar-refractivity contribution is -0.129. The molecule has 0 aromatic heterocycles. The average Bonchev–Trinajstić information content (AvgIpc) is 2.42. The van der Waals surface area contributed by atoms with Crippen molar-refractivity contribution < 1.29 is 9.59 Å². The number of aliphatic imine (C=N–C) groups is 1. The predicted octanol–water partition coefficient (Wildman–Crippen LogP) is 2.73. The Morgan fingerprint density at radius 3 is 2.53 bits per heavy atom. The minimum atomic E-state index is -0.147. The molecule has 0 atom stereocenters. The molecule has 0 bridgehead atoms. The first-order valence-electron chi connectivity index (χ1n) is 7.25. The second-order valence-corrected chi connectivity index (χ2v) is 4.85. The molecule has 1 rings (SSSR count). The van der Waals surface area contributed by atoms with Gasteiger partial charge in [-0.05, 0) is 12.8 Å². The van der Waals surface area contributed by atoms with Crippen LogP contribution in [0.4, 0.5) is 0 Å². The minimum Gasteiger partial charge on any atom is -0.338 e. The molecule has 0 saturated carbocycles. The molecular formula is C15H24N2O2. The molecule has 4 nitrogen and oxygen atoms in total. The summed E-state index contributed by atoms with van der Waals surface area (Å²) in [4.78, 5) is 29.9. The van der Waals surface area contributed by atoms with Crippen molar-refractivity contribution in [3.63, 3.8) is 0 Å². The number of hydrogen-bond acceptors (Lipinski definition) is 3. The second-order valence-electron chi connectivity index (χ2n) is 4.85. The SMILES string of the molecule is CCCCCN(CCCC)C(=O)C1=CN=CCC1=O. The summed E-state index contributed by atoms with van der Waals surface area (Å²) in [6.07, 6.45) is 8.46. The first kappa shape index (κ1) is 15.6. The lowest BCUT2D eigenvalue weighted by Gasteiger charge is -2.23. The summed E-state index contributed by atoms with van der Waals surface area (Å²) in [6, 6.07) is 0. The van der Waals surface area contributed by atoms with Crippen molar-refractivity contribution in [3.05, 3.63) is 11.8 Å². The van der Waals surface area contributed by atoms with Crippen molar-refractivity contribution >= 4 is 17.9 Å². The summed E-state index contributed by atoms with van der Waals surface area (Å²) in [6.45, 7) is 5.71. The number of amides is 1. The number of nitrogens with zero attached hydrogens (tertiary/aromatic N) is 2. The molecule has 106 valence electrons. The van der Waals surface area contributed by atoms with Crippen LogP contribution in [0.3, 0.4) is 0 Å². The molecule has 0 aromatic rings. The number of carbonyl (C=O) groups is 2. The van der Waals surface area contributed by atoms with Crippen LogP contribution in [0.5, 0.6) is 0 Å². The molecule has 0 spiro atoms. The monoisotopic (exact) mass is 264 g/mol. The van der Waals surface area contributed by atoms with Gasteiger partial charge < -0.3 is 4.90 Å². The maximum absolute atomic E-state index is 12.4. The smallest absolute Gasteiger partial charge is 0.259 e. The van der Waals surface area contributed by atoms with Crippen LogP contribution in [0, 0.1) is 0 Å². The number of unbranched alkanes of at least 4 members (excludes halogenated alkanes) is 3. The van der Waals surface area contributed by atoms with Crippen LogP contribution in [-0.2, 0) is 9.59 Å². The predicted molar refractivity (Wildman–Crippen MR) is 77.2 cm³/mol. The Kier molecular flexibility index (Phi) is 7.08. The van der Waals surface area contributed by atoms with Gasteiger partial charge in [0.15, 0.2) is 5.78 Å². The standard InChI is InChI=1S/C15H24N2O2/c1-3-5-7-11-17(10-6-4-2)15(19)13-12-16-9-8-14(13)18/h9,12H,3-8,10-11H2,1-2H3. The van der Waals surface area contributed by atoms with Gasteiger partial charge in [-0.15, -0.1) is 0 Å². The molecule has 0 aromatic carbocycles. The van der Waals surface area contributed by atoms with E-state index in [1.807, 2.05) is 4.90 Å². The van der Waals surface area contributed by atoms with Crippen LogP contribution in [0.2, 0.25) is 0 Å². The molecule has 0 fully saturated rings. The Bertz CT molecular complexity index is 372. The van der Waals surface area contributed by atoms with Crippen molar-refractivity contribution in [2.45, 2.75) is 52.4 Å². The zero-order valence-corrected chi connectivity index (χ0v) is 12.0. The Balaban J connectivity index is 2.66. The first-order chi connectivity index (χ1) is 9.20. The zero-order chi connectivity index (χ0) is 14.1. The highest BCUT2D eigenvalue weighted by Crippen LogP contribution is 2.12. The van der Waals surface area contributed by atoms with E-state index in [9.17, 15) is 9.59 Å². The lowest BCUT2D eigenvalue weighted by Crippen LogP contribution is -2.36. The summed E-state index contributed by atoms with van der Waals surface area (Å²) < 4.78 is 0. The zero-order valence-electron chi connectivity index (χ0n) is 12.0. The van der Waals surface area contributed by atoms with Gasteiger partial charge in [0.2, 0.25) is 0 Å². The number of ketones is 1. The highest BCUT2D eigenvalue weighted by atomic mass is 16.2. The first-order valence-corrected chi connectivity index (χ1v) is 7.25. The van der Waals surface area contributed by atoms with Gasteiger partial charge in [0.1, 0.15) is 5.57 Å². The highest BCUT2D eigenvalue weighted by Gasteiger charge is 2.24. The maximum Gasteiger partial charge on any atom is 0.259 e. The largest absolute Gasteiger partial charge is 0.338 e. The normalized spacial score (nSPS) is 14.4. The van der Waals surface area contributed by atoms with Crippen molar-refractivity contribution in [1.82, 2.24) is 4.90 Å². The molecular weight excluding hydrogens is 240 g/mol. The number of rotatable bonds is 8. The van der Waals surface area contributed by atoms with Crippen molar-refractivity contribution in [2.75, 3.05) is 13.1 Å². The van der Waals surface area contributed by atoms with E-state index in [0.717, 1.165) is 45.2 Å². The van der Waals surface area contributed by atoms with E-state index in [2.05, 4.69) is 18.8 Å². The van der Waals surface area contributed by atoms with Gasteiger partial charge >= 0.3 is 0 Å². The maximum atomic E-state index is 12.4. The molecule has 0 aliphatic carbocycles. The molecule has 1 heterocycles. The molecule has 19 heavy (non-hydrogen) atoms. The van der Waals surface area contributed by atoms with Gasteiger partial charge in [0.05, 0.1) is 0 Å². The Morgan fingerprint density at radius 1 is 1.21 bits per heavy atom. The molecule has 0 N–H and O–H groups in total. The fraction of sp³-hybridized carbons (Fsp3) is 0.667. The summed E-state index contributed by atoms with van der Waals surface area (Å²) in [5.41, 5.74) is 0.245. The summed E-state index contributed by atoms with van der Waals surface area (Å²) >= 11 is 0. The number of Topliss-reactive ketones (excluding diaryl/α,β-unsaturated/α-hetero) is 1. The van der Waals surface area contributed by atoms with Crippen LogP contribution in [0.1, 0.15) is 52.4 Å². The van der Waals surface area contributed by atoms with E-state index in [4.69, 9.17) is 0 Å². The van der Waals surface area contributed by atoms with Crippen LogP contribution < -0.4 is 0 Å². The molecule has 1 aliphatic rings. The Labute approximate surface area is 115 Å². The summed E-state index contributed by atoms with van der Waals surface area (Å²) in [5.74, 6) is -0.261. The van der Waals surface area contributed by atoms with Gasteiger partial charge in [-0.2, -0.15) is 0 Å². The van der Waals surface area contributed by atoms with Crippen LogP contribution in [-0.4, -0.2) is 35.9 Å². The molecule has 1 aliphatic heterocycles. The van der Waals surface area contributed by atoms with Gasteiger partial charge in [-0.25, -0.2) is 0 Å².